The summed E-state index contributed by atoms with van der Waals surface area (Å²) in [5, 5.41) is 0. The fourth-order valence-corrected chi connectivity index (χ4v) is 0. The predicted octanol–water partition coefficient (Wildman–Crippen LogP) is 1.66. The summed E-state index contributed by atoms with van der Waals surface area (Å²) >= 11 is 0. The summed E-state index contributed by atoms with van der Waals surface area (Å²) in [6, 6.07) is 0. The number of hydrogen-bond acceptors (Lipinski definition) is 2. The van der Waals surface area contributed by atoms with Gasteiger partial charge in [0.05, 0.1) is 0 Å². The van der Waals surface area contributed by atoms with Crippen molar-refractivity contribution in [2.75, 3.05) is 0 Å². The van der Waals surface area contributed by atoms with Crippen LogP contribution >= 0.6 is 9.12 Å². The molecule has 0 radical (unpaired) electrons. The SMILES string of the molecule is CC.N.O=P. The van der Waals surface area contributed by atoms with Crippen LogP contribution in [0.2, 0.25) is 0 Å². The summed E-state index contributed by atoms with van der Waals surface area (Å²) in [6.45, 7) is 4.00. The molecule has 0 aliphatic heterocycles. The molecule has 2 nitrogen and oxygen atoms in total. The fraction of sp³-hybridized carbons (Fsp3) is 1.00. The van der Waals surface area contributed by atoms with Gasteiger partial charge in [0.2, 0.25) is 0 Å². The van der Waals surface area contributed by atoms with Gasteiger partial charge in [-0.05, 0) is 0 Å². The third-order valence-corrected chi connectivity index (χ3v) is 0. The van der Waals surface area contributed by atoms with Gasteiger partial charge in [0, 0.05) is 0 Å². The molecule has 0 aliphatic rings. The first kappa shape index (κ1) is 19.7. The summed E-state index contributed by atoms with van der Waals surface area (Å²) in [5.74, 6) is 0. The minimum Gasteiger partial charge on any atom is -0.344 e. The van der Waals surface area contributed by atoms with Crippen molar-refractivity contribution in [1.82, 2.24) is 6.15 Å². The van der Waals surface area contributed by atoms with Crippen LogP contribution in [0, 0.1) is 0 Å². The van der Waals surface area contributed by atoms with Crippen LogP contribution < -0.4 is 6.15 Å². The molecule has 0 aliphatic carbocycles. The minimum atomic E-state index is 0. The van der Waals surface area contributed by atoms with Crippen molar-refractivity contribution in [3.63, 3.8) is 0 Å². The van der Waals surface area contributed by atoms with Crippen LogP contribution in [0.15, 0.2) is 0 Å². The first-order chi connectivity index (χ1) is 2.00. The average Bonchev–Trinajstić information content (AvgIpc) is 1.50. The Kier molecular flexibility index (Phi) is 41500. The van der Waals surface area contributed by atoms with Crippen LogP contribution in [-0.2, 0) is 4.57 Å². The van der Waals surface area contributed by atoms with Crippen LogP contribution in [0.3, 0.4) is 0 Å². The van der Waals surface area contributed by atoms with Gasteiger partial charge in [-0.3, -0.25) is 4.57 Å². The van der Waals surface area contributed by atoms with Crippen LogP contribution in [0.25, 0.3) is 0 Å². The average molecular weight is 95.1 g/mol. The van der Waals surface area contributed by atoms with Crippen molar-refractivity contribution in [1.29, 1.82) is 0 Å². The van der Waals surface area contributed by atoms with E-state index in [2.05, 4.69) is 0 Å². The second-order valence-corrected chi connectivity index (χ2v) is 0. The van der Waals surface area contributed by atoms with Gasteiger partial charge in [0.15, 0.2) is 0 Å². The van der Waals surface area contributed by atoms with E-state index in [4.69, 9.17) is 4.57 Å². The maximum atomic E-state index is 8.06. The Morgan fingerprint density at radius 1 is 1.20 bits per heavy atom. The molecule has 0 unspecified atom stereocenters. The van der Waals surface area contributed by atoms with Gasteiger partial charge in [-0.15, -0.1) is 0 Å². The van der Waals surface area contributed by atoms with Crippen molar-refractivity contribution in [3.8, 4) is 0 Å². The molecule has 0 aromatic heterocycles. The first-order valence-corrected chi connectivity index (χ1v) is 1.61. The van der Waals surface area contributed by atoms with Crippen molar-refractivity contribution >= 4 is 9.12 Å². The maximum Gasteiger partial charge on any atom is 0.138 e. The highest BCUT2D eigenvalue weighted by Crippen LogP contribution is 1.23. The monoisotopic (exact) mass is 95.1 g/mol. The van der Waals surface area contributed by atoms with E-state index in [1.807, 2.05) is 13.8 Å². The quantitative estimate of drug-likeness (QED) is 0.465. The van der Waals surface area contributed by atoms with Gasteiger partial charge in [-0.2, -0.15) is 0 Å². The highest BCUT2D eigenvalue weighted by atomic mass is 31.0. The van der Waals surface area contributed by atoms with E-state index >= 15 is 0 Å². The maximum absolute atomic E-state index is 8.06. The summed E-state index contributed by atoms with van der Waals surface area (Å²) in [7, 11) is 1.72. The largest absolute Gasteiger partial charge is 0.344 e. The first-order valence-electron chi connectivity index (χ1n) is 1.20. The van der Waals surface area contributed by atoms with E-state index in [-0.39, 0.29) is 6.15 Å². The zero-order valence-corrected chi connectivity index (χ0v) is 4.62. The fourth-order valence-electron chi connectivity index (χ4n) is 0. The van der Waals surface area contributed by atoms with Gasteiger partial charge >= 0.3 is 0 Å². The van der Waals surface area contributed by atoms with E-state index in [1.165, 1.54) is 0 Å². The van der Waals surface area contributed by atoms with Crippen LogP contribution in [0.5, 0.6) is 0 Å². The highest BCUT2D eigenvalue weighted by Gasteiger charge is 0.932. The molecule has 0 spiro atoms. The molecular weight excluding hydrogens is 85.0 g/mol. The predicted molar refractivity (Wildman–Crippen MR) is 25.4 cm³/mol. The molecule has 0 aromatic carbocycles. The zero-order valence-electron chi connectivity index (χ0n) is 3.62. The molecule has 3 heteroatoms. The van der Waals surface area contributed by atoms with Gasteiger partial charge < -0.3 is 6.15 Å². The van der Waals surface area contributed by atoms with E-state index in [1.54, 1.807) is 9.12 Å². The van der Waals surface area contributed by atoms with E-state index in [9.17, 15) is 0 Å². The summed E-state index contributed by atoms with van der Waals surface area (Å²) in [5.41, 5.74) is 0. The van der Waals surface area contributed by atoms with Crippen LogP contribution in [0.4, 0.5) is 0 Å². The molecular formula is C2H10NOP. The Bertz CT molecular complexity index is 9.61. The zero-order chi connectivity index (χ0) is 4.00. The molecule has 5 heavy (non-hydrogen) atoms. The summed E-state index contributed by atoms with van der Waals surface area (Å²) in [4.78, 5) is 0. The third-order valence-electron chi connectivity index (χ3n) is 0. The lowest BCUT2D eigenvalue weighted by Gasteiger charge is -1.07. The molecule has 0 heterocycles. The Morgan fingerprint density at radius 3 is 1.20 bits per heavy atom. The normalized spacial score (nSPS) is 2.00. The second kappa shape index (κ2) is 10600. The molecule has 34 valence electrons. The van der Waals surface area contributed by atoms with Gasteiger partial charge in [-0.1, -0.05) is 13.8 Å². The highest BCUT2D eigenvalue weighted by molar-refractivity contribution is 7.00. The van der Waals surface area contributed by atoms with Crippen LogP contribution in [-0.4, -0.2) is 0 Å². The standard InChI is InChI=1S/C2H6.H3N.HOP/c1-2;;1-2/h1-2H3;1H3;2H. The van der Waals surface area contributed by atoms with Crippen molar-refractivity contribution in [2.45, 2.75) is 13.8 Å². The molecule has 0 fully saturated rings. The van der Waals surface area contributed by atoms with Crippen molar-refractivity contribution in [2.24, 2.45) is 0 Å². The Morgan fingerprint density at radius 2 is 1.20 bits per heavy atom. The van der Waals surface area contributed by atoms with E-state index < -0.39 is 0 Å². The molecule has 0 saturated heterocycles. The second-order valence-electron chi connectivity index (χ2n) is 0. The van der Waals surface area contributed by atoms with Gasteiger partial charge in [0.25, 0.3) is 0 Å². The topological polar surface area (TPSA) is 52.1 Å². The molecule has 0 bridgehead atoms. The lowest BCUT2D eigenvalue weighted by Crippen LogP contribution is -0.856. The summed E-state index contributed by atoms with van der Waals surface area (Å²) in [6.07, 6.45) is 0. The molecule has 0 saturated carbocycles. The molecule has 0 aromatic rings. The minimum absolute atomic E-state index is 0. The van der Waals surface area contributed by atoms with E-state index in [0.29, 0.717) is 0 Å². The van der Waals surface area contributed by atoms with Crippen LogP contribution in [0.1, 0.15) is 13.8 Å². The van der Waals surface area contributed by atoms with Crippen molar-refractivity contribution < 1.29 is 4.57 Å². The Balaban J connectivity index is -0.0000000133. The lowest BCUT2D eigenvalue weighted by atomic mass is 11.0. The molecule has 0 amide bonds. The van der Waals surface area contributed by atoms with Gasteiger partial charge in [0.1, 0.15) is 9.12 Å². The molecule has 0 atom stereocenters. The molecule has 3 N–H and O–H groups in total. The smallest absolute Gasteiger partial charge is 0.138 e. The summed E-state index contributed by atoms with van der Waals surface area (Å²) < 4.78 is 8.06. The van der Waals surface area contributed by atoms with E-state index in [0.717, 1.165) is 0 Å². The Labute approximate surface area is 34.8 Å². The molecule has 0 rings (SSSR count). The lowest BCUT2D eigenvalue weighted by molar-refractivity contribution is 0.607. The van der Waals surface area contributed by atoms with Crippen molar-refractivity contribution in [3.05, 3.63) is 0 Å². The van der Waals surface area contributed by atoms with Gasteiger partial charge in [-0.25, -0.2) is 0 Å². The third kappa shape index (κ3) is 4790. The number of hydrogen-bond donors (Lipinski definition) is 1. The Hall–Kier alpha value is 0.0600. The number of rotatable bonds is 0.